The largest absolute Gasteiger partial charge is 0.459 e. The number of carbonyl (C=O) groups is 2. The predicted octanol–water partition coefficient (Wildman–Crippen LogP) is 3.73. The molecule has 2 aromatic rings. The molecule has 5 nitrogen and oxygen atoms in total. The van der Waals surface area contributed by atoms with Gasteiger partial charge in [0.15, 0.2) is 5.76 Å². The number of carbonyl (C=O) groups excluding carboxylic acids is 2. The minimum absolute atomic E-state index is 0.00878. The monoisotopic (exact) mass is 346 g/mol. The number of hydrogen-bond acceptors (Lipinski definition) is 3. The van der Waals surface area contributed by atoms with Crippen molar-refractivity contribution in [3.63, 3.8) is 0 Å². The van der Waals surface area contributed by atoms with Crippen molar-refractivity contribution in [2.24, 2.45) is 5.92 Å². The number of piperidine rings is 1. The lowest BCUT2D eigenvalue weighted by Crippen LogP contribution is -2.41. The van der Waals surface area contributed by atoms with Crippen LogP contribution in [0.3, 0.4) is 0 Å². The van der Waals surface area contributed by atoms with Gasteiger partial charge in [0.25, 0.3) is 5.91 Å². The van der Waals surface area contributed by atoms with Gasteiger partial charge in [-0.3, -0.25) is 9.59 Å². The Morgan fingerprint density at radius 2 is 2.00 bits per heavy atom. The Hall–Kier alpha value is -2.27. The van der Waals surface area contributed by atoms with E-state index in [1.165, 1.54) is 6.26 Å². The van der Waals surface area contributed by atoms with Crippen LogP contribution in [0.4, 0.5) is 5.69 Å². The Bertz CT molecular complexity index is 735. The minimum atomic E-state index is -0.118. The van der Waals surface area contributed by atoms with Gasteiger partial charge in [-0.15, -0.1) is 0 Å². The number of aryl methyl sites for hydroxylation is 1. The van der Waals surface area contributed by atoms with Crippen molar-refractivity contribution >= 4 is 29.1 Å². The van der Waals surface area contributed by atoms with E-state index in [1.54, 1.807) is 23.1 Å². The molecule has 0 atom stereocenters. The van der Waals surface area contributed by atoms with Crippen LogP contribution >= 0.6 is 11.6 Å². The van der Waals surface area contributed by atoms with Crippen molar-refractivity contribution in [2.45, 2.75) is 19.8 Å². The molecule has 0 unspecified atom stereocenters. The molecule has 126 valence electrons. The molecule has 2 heterocycles. The van der Waals surface area contributed by atoms with Crippen LogP contribution in [-0.4, -0.2) is 29.8 Å². The third-order valence-corrected chi connectivity index (χ3v) is 4.57. The smallest absolute Gasteiger partial charge is 0.289 e. The molecule has 1 aliphatic rings. The van der Waals surface area contributed by atoms with Gasteiger partial charge in [0.05, 0.1) is 6.26 Å². The maximum absolute atomic E-state index is 12.4. The van der Waals surface area contributed by atoms with Gasteiger partial charge in [-0.25, -0.2) is 0 Å². The second-order valence-corrected chi connectivity index (χ2v) is 6.43. The van der Waals surface area contributed by atoms with Gasteiger partial charge in [-0.05, 0) is 55.7 Å². The molecule has 0 radical (unpaired) electrons. The number of anilines is 1. The quantitative estimate of drug-likeness (QED) is 0.921. The minimum Gasteiger partial charge on any atom is -0.459 e. The number of amides is 2. The third kappa shape index (κ3) is 3.62. The van der Waals surface area contributed by atoms with E-state index in [4.69, 9.17) is 16.0 Å². The van der Waals surface area contributed by atoms with E-state index in [1.807, 2.05) is 19.1 Å². The highest BCUT2D eigenvalue weighted by Crippen LogP contribution is 2.24. The van der Waals surface area contributed by atoms with E-state index in [2.05, 4.69) is 5.32 Å². The SMILES string of the molecule is Cc1cc(Cl)ccc1NC(=O)C1CCN(C(=O)c2ccco2)CC1. The van der Waals surface area contributed by atoms with Crippen molar-refractivity contribution in [1.82, 2.24) is 4.90 Å². The lowest BCUT2D eigenvalue weighted by Gasteiger charge is -2.30. The van der Waals surface area contributed by atoms with Crippen LogP contribution in [0.5, 0.6) is 0 Å². The van der Waals surface area contributed by atoms with E-state index in [0.29, 0.717) is 36.7 Å². The standard InChI is InChI=1S/C18H19ClN2O3/c1-12-11-14(19)4-5-15(12)20-17(22)13-6-8-21(9-7-13)18(23)16-3-2-10-24-16/h2-5,10-11,13H,6-9H2,1H3,(H,20,22). The fourth-order valence-corrected chi connectivity index (χ4v) is 3.13. The molecule has 1 aromatic carbocycles. The maximum atomic E-state index is 12.4. The molecular formula is C18H19ClN2O3. The van der Waals surface area contributed by atoms with Crippen molar-refractivity contribution in [3.8, 4) is 0 Å². The molecule has 1 aromatic heterocycles. The third-order valence-electron chi connectivity index (χ3n) is 4.33. The number of rotatable bonds is 3. The zero-order valence-electron chi connectivity index (χ0n) is 13.4. The molecule has 1 aliphatic heterocycles. The zero-order valence-corrected chi connectivity index (χ0v) is 14.2. The highest BCUT2D eigenvalue weighted by Gasteiger charge is 2.28. The maximum Gasteiger partial charge on any atom is 0.289 e. The Kier molecular flexibility index (Phi) is 4.90. The van der Waals surface area contributed by atoms with E-state index < -0.39 is 0 Å². The zero-order chi connectivity index (χ0) is 17.1. The molecule has 24 heavy (non-hydrogen) atoms. The number of nitrogens with one attached hydrogen (secondary N) is 1. The number of halogens is 1. The van der Waals surface area contributed by atoms with Crippen LogP contribution in [0.1, 0.15) is 29.0 Å². The summed E-state index contributed by atoms with van der Waals surface area (Å²) in [6, 6.07) is 8.74. The Morgan fingerprint density at radius 3 is 2.62 bits per heavy atom. The average molecular weight is 347 g/mol. The number of nitrogens with zero attached hydrogens (tertiary/aromatic N) is 1. The summed E-state index contributed by atoms with van der Waals surface area (Å²) in [6.45, 7) is 3.01. The van der Waals surface area contributed by atoms with Crippen LogP contribution in [-0.2, 0) is 4.79 Å². The molecule has 6 heteroatoms. The molecule has 3 rings (SSSR count). The highest BCUT2D eigenvalue weighted by atomic mass is 35.5. The summed E-state index contributed by atoms with van der Waals surface area (Å²) in [6.07, 6.45) is 2.78. The molecule has 2 amide bonds. The van der Waals surface area contributed by atoms with Crippen LogP contribution in [0.15, 0.2) is 41.0 Å². The van der Waals surface area contributed by atoms with Crippen LogP contribution in [0.25, 0.3) is 0 Å². The summed E-state index contributed by atoms with van der Waals surface area (Å²) in [7, 11) is 0. The molecule has 0 aliphatic carbocycles. The number of hydrogen-bond donors (Lipinski definition) is 1. The second kappa shape index (κ2) is 7.09. The fraction of sp³-hybridized carbons (Fsp3) is 0.333. The summed E-state index contributed by atoms with van der Waals surface area (Å²) >= 11 is 5.93. The van der Waals surface area contributed by atoms with Crippen LogP contribution in [0.2, 0.25) is 5.02 Å². The molecule has 1 fully saturated rings. The first-order valence-electron chi connectivity index (χ1n) is 7.94. The van der Waals surface area contributed by atoms with Gasteiger partial charge in [-0.2, -0.15) is 0 Å². The van der Waals surface area contributed by atoms with Gasteiger partial charge in [0.1, 0.15) is 0 Å². The summed E-state index contributed by atoms with van der Waals surface area (Å²) in [5.74, 6) is 0.119. The highest BCUT2D eigenvalue weighted by molar-refractivity contribution is 6.30. The fourth-order valence-electron chi connectivity index (χ4n) is 2.90. The van der Waals surface area contributed by atoms with Crippen molar-refractivity contribution in [1.29, 1.82) is 0 Å². The lowest BCUT2D eigenvalue weighted by atomic mass is 9.95. The molecule has 0 bridgehead atoms. The second-order valence-electron chi connectivity index (χ2n) is 5.99. The summed E-state index contributed by atoms with van der Waals surface area (Å²) < 4.78 is 5.14. The summed E-state index contributed by atoms with van der Waals surface area (Å²) in [5.41, 5.74) is 1.71. The van der Waals surface area contributed by atoms with Gasteiger partial charge in [-0.1, -0.05) is 11.6 Å². The van der Waals surface area contributed by atoms with Gasteiger partial charge in [0, 0.05) is 29.7 Å². The average Bonchev–Trinajstić information content (AvgIpc) is 3.11. The first-order valence-corrected chi connectivity index (χ1v) is 8.32. The predicted molar refractivity (Wildman–Crippen MR) is 92.2 cm³/mol. The normalized spacial score (nSPS) is 15.3. The van der Waals surface area contributed by atoms with Crippen LogP contribution in [0, 0.1) is 12.8 Å². The lowest BCUT2D eigenvalue weighted by molar-refractivity contribution is -0.121. The molecular weight excluding hydrogens is 328 g/mol. The number of likely N-dealkylation sites (tertiary alicyclic amines) is 1. The van der Waals surface area contributed by atoms with Gasteiger partial charge in [0.2, 0.25) is 5.91 Å². The molecule has 0 saturated carbocycles. The summed E-state index contributed by atoms with van der Waals surface area (Å²) in [4.78, 5) is 26.4. The van der Waals surface area contributed by atoms with E-state index in [9.17, 15) is 9.59 Å². The van der Waals surface area contributed by atoms with Crippen LogP contribution < -0.4 is 5.32 Å². The topological polar surface area (TPSA) is 62.6 Å². The van der Waals surface area contributed by atoms with E-state index in [-0.39, 0.29) is 17.7 Å². The van der Waals surface area contributed by atoms with Gasteiger partial charge >= 0.3 is 0 Å². The molecule has 0 spiro atoms. The Labute approximate surface area is 145 Å². The van der Waals surface area contributed by atoms with Crippen molar-refractivity contribution < 1.29 is 14.0 Å². The number of benzene rings is 1. The van der Waals surface area contributed by atoms with Gasteiger partial charge < -0.3 is 14.6 Å². The molecule has 1 N–H and O–H groups in total. The summed E-state index contributed by atoms with van der Waals surface area (Å²) in [5, 5.41) is 3.61. The Morgan fingerprint density at radius 1 is 1.25 bits per heavy atom. The number of furan rings is 1. The first kappa shape index (κ1) is 16.6. The Balaban J connectivity index is 1.56. The molecule has 1 saturated heterocycles. The first-order chi connectivity index (χ1) is 11.5. The van der Waals surface area contributed by atoms with E-state index >= 15 is 0 Å². The van der Waals surface area contributed by atoms with Crippen molar-refractivity contribution in [3.05, 3.63) is 52.9 Å². The van der Waals surface area contributed by atoms with E-state index in [0.717, 1.165) is 11.3 Å². The van der Waals surface area contributed by atoms with Crippen molar-refractivity contribution in [2.75, 3.05) is 18.4 Å².